The fourth-order valence-corrected chi connectivity index (χ4v) is 3.62. The molecule has 150 valence electrons. The van der Waals surface area contributed by atoms with Crippen LogP contribution in [0.5, 0.6) is 0 Å². The van der Waals surface area contributed by atoms with Gasteiger partial charge in [0.2, 0.25) is 0 Å². The summed E-state index contributed by atoms with van der Waals surface area (Å²) in [6.07, 6.45) is 6.93. The van der Waals surface area contributed by atoms with Crippen molar-refractivity contribution in [3.05, 3.63) is 71.9 Å². The Hall–Kier alpha value is -2.10. The van der Waals surface area contributed by atoms with E-state index in [0.29, 0.717) is 6.42 Å². The molecule has 0 aliphatic rings. The van der Waals surface area contributed by atoms with Crippen molar-refractivity contribution in [1.82, 2.24) is 9.47 Å². The van der Waals surface area contributed by atoms with E-state index in [1.807, 2.05) is 36.0 Å². The highest BCUT2D eigenvalue weighted by Crippen LogP contribution is 2.22. The molecule has 2 aromatic carbocycles. The summed E-state index contributed by atoms with van der Waals surface area (Å²) in [5.41, 5.74) is 3.39. The molecule has 1 heterocycles. The Morgan fingerprint density at radius 3 is 2.43 bits per heavy atom. The number of para-hydroxylation sites is 1. The van der Waals surface area contributed by atoms with Crippen LogP contribution >= 0.6 is 12.4 Å². The van der Waals surface area contributed by atoms with Crippen LogP contribution in [0.1, 0.15) is 41.6 Å². The van der Waals surface area contributed by atoms with Crippen molar-refractivity contribution >= 4 is 29.1 Å². The van der Waals surface area contributed by atoms with Gasteiger partial charge in [0.25, 0.3) is 0 Å². The molecule has 3 rings (SSSR count). The minimum absolute atomic E-state index is 0. The number of carbonyl (C=O) groups is 1. The molecular weight excluding hydrogens is 368 g/mol. The van der Waals surface area contributed by atoms with Crippen molar-refractivity contribution in [2.45, 2.75) is 32.1 Å². The molecule has 0 amide bonds. The number of halogens is 1. The lowest BCUT2D eigenvalue weighted by Crippen LogP contribution is -2.22. The molecule has 0 fully saturated rings. The van der Waals surface area contributed by atoms with Gasteiger partial charge in [-0.15, -0.1) is 12.4 Å². The number of unbranched alkanes of at least 4 members (excludes halogenated alkanes) is 2. The van der Waals surface area contributed by atoms with Crippen LogP contribution in [0.2, 0.25) is 0 Å². The van der Waals surface area contributed by atoms with Crippen LogP contribution < -0.4 is 0 Å². The number of ketones is 1. The number of aryl methyl sites for hydroxylation is 1. The van der Waals surface area contributed by atoms with Gasteiger partial charge in [0, 0.05) is 42.7 Å². The Labute approximate surface area is 174 Å². The van der Waals surface area contributed by atoms with Crippen molar-refractivity contribution in [3.63, 3.8) is 0 Å². The molecule has 0 N–H and O–H groups in total. The third-order valence-electron chi connectivity index (χ3n) is 5.27. The van der Waals surface area contributed by atoms with Crippen molar-refractivity contribution < 1.29 is 4.79 Å². The summed E-state index contributed by atoms with van der Waals surface area (Å²) >= 11 is 0. The molecule has 0 unspecified atom stereocenters. The number of carbonyl (C=O) groups excluding carboxylic acids is 1. The van der Waals surface area contributed by atoms with Crippen molar-refractivity contribution in [2.24, 2.45) is 7.05 Å². The monoisotopic (exact) mass is 398 g/mol. The second-order valence-electron chi connectivity index (χ2n) is 7.44. The number of rotatable bonds is 10. The average Bonchev–Trinajstić information content (AvgIpc) is 3.04. The highest BCUT2D eigenvalue weighted by molar-refractivity contribution is 6.08. The van der Waals surface area contributed by atoms with E-state index in [4.69, 9.17) is 0 Å². The average molecular weight is 399 g/mol. The summed E-state index contributed by atoms with van der Waals surface area (Å²) in [7, 11) is 4.19. The predicted molar refractivity (Wildman–Crippen MR) is 121 cm³/mol. The van der Waals surface area contributed by atoms with Gasteiger partial charge >= 0.3 is 0 Å². The van der Waals surface area contributed by atoms with E-state index >= 15 is 0 Å². The Morgan fingerprint density at radius 1 is 0.929 bits per heavy atom. The van der Waals surface area contributed by atoms with Gasteiger partial charge in [-0.1, -0.05) is 55.0 Å². The fourth-order valence-electron chi connectivity index (χ4n) is 3.62. The van der Waals surface area contributed by atoms with E-state index in [9.17, 15) is 4.79 Å². The molecule has 0 atom stereocenters. The largest absolute Gasteiger partial charge is 0.350 e. The van der Waals surface area contributed by atoms with Gasteiger partial charge in [-0.3, -0.25) is 4.79 Å². The molecule has 28 heavy (non-hydrogen) atoms. The molecule has 0 saturated heterocycles. The van der Waals surface area contributed by atoms with Gasteiger partial charge in [0.1, 0.15) is 0 Å². The molecular formula is C24H31ClN2O. The second-order valence-corrected chi connectivity index (χ2v) is 7.44. The van der Waals surface area contributed by atoms with Crippen molar-refractivity contribution in [3.8, 4) is 0 Å². The molecule has 3 nitrogen and oxygen atoms in total. The van der Waals surface area contributed by atoms with Gasteiger partial charge in [-0.25, -0.2) is 0 Å². The molecule has 3 aromatic rings. The maximum atomic E-state index is 12.6. The zero-order chi connectivity index (χ0) is 19.1. The normalized spacial score (nSPS) is 11.0. The first-order valence-corrected chi connectivity index (χ1v) is 9.95. The number of aromatic nitrogens is 1. The van der Waals surface area contributed by atoms with Crippen LogP contribution in [-0.4, -0.2) is 35.4 Å². The van der Waals surface area contributed by atoms with Crippen molar-refractivity contribution in [1.29, 1.82) is 0 Å². The van der Waals surface area contributed by atoms with Crippen LogP contribution in [0.3, 0.4) is 0 Å². The zero-order valence-corrected chi connectivity index (χ0v) is 17.8. The summed E-state index contributed by atoms with van der Waals surface area (Å²) in [5, 5.41) is 1.07. The molecule has 0 bridgehead atoms. The number of fused-ring (bicyclic) bond motifs is 1. The van der Waals surface area contributed by atoms with E-state index in [1.54, 1.807) is 0 Å². The maximum Gasteiger partial charge on any atom is 0.165 e. The van der Waals surface area contributed by atoms with E-state index < -0.39 is 0 Å². The van der Waals surface area contributed by atoms with Crippen LogP contribution in [0.4, 0.5) is 0 Å². The lowest BCUT2D eigenvalue weighted by atomic mass is 10.0. The lowest BCUT2D eigenvalue weighted by molar-refractivity contribution is 0.0980. The molecule has 0 aliphatic carbocycles. The molecule has 0 saturated carbocycles. The standard InChI is InChI=1S/C24H30N2O.ClH/c1-25(18-16-20-11-5-3-6-12-20)17-10-4-7-15-24(27)22-19-26(2)23-14-9-8-13-21(22)23;/h3,5-6,8-9,11-14,19H,4,7,10,15-18H2,1-2H3;1H. The number of Topliss-reactive ketones (excluding diaryl/α,β-unsaturated/α-hetero) is 1. The van der Waals surface area contributed by atoms with E-state index in [-0.39, 0.29) is 18.2 Å². The Balaban J connectivity index is 0.00000280. The summed E-state index contributed by atoms with van der Waals surface area (Å²) in [6.45, 7) is 2.17. The first kappa shape index (κ1) is 22.2. The van der Waals surface area contributed by atoms with E-state index in [2.05, 4.69) is 48.3 Å². The van der Waals surface area contributed by atoms with Crippen LogP contribution in [-0.2, 0) is 13.5 Å². The van der Waals surface area contributed by atoms with Crippen molar-refractivity contribution in [2.75, 3.05) is 20.1 Å². The fraction of sp³-hybridized carbons (Fsp3) is 0.375. The minimum atomic E-state index is 0. The lowest BCUT2D eigenvalue weighted by Gasteiger charge is -2.16. The van der Waals surface area contributed by atoms with E-state index in [1.165, 1.54) is 5.56 Å². The maximum absolute atomic E-state index is 12.6. The predicted octanol–water partition coefficient (Wildman–Crippen LogP) is 5.52. The number of benzene rings is 2. The minimum Gasteiger partial charge on any atom is -0.350 e. The Bertz CT molecular complexity index is 873. The smallest absolute Gasteiger partial charge is 0.165 e. The SMILES string of the molecule is CN(CCCCCC(=O)c1cn(C)c2ccccc12)CCc1ccccc1.Cl. The third-order valence-corrected chi connectivity index (χ3v) is 5.27. The summed E-state index contributed by atoms with van der Waals surface area (Å²) < 4.78 is 2.05. The van der Waals surface area contributed by atoms with Gasteiger partial charge in [0.05, 0.1) is 0 Å². The highest BCUT2D eigenvalue weighted by atomic mass is 35.5. The summed E-state index contributed by atoms with van der Waals surface area (Å²) in [6, 6.07) is 18.8. The molecule has 0 radical (unpaired) electrons. The third kappa shape index (κ3) is 5.95. The Morgan fingerprint density at radius 2 is 1.64 bits per heavy atom. The van der Waals surface area contributed by atoms with Gasteiger partial charge in [-0.05, 0) is 44.5 Å². The van der Waals surface area contributed by atoms with Gasteiger partial charge in [-0.2, -0.15) is 0 Å². The number of nitrogens with zero attached hydrogens (tertiary/aromatic N) is 2. The number of likely N-dealkylation sites (N-methyl/N-ethyl adjacent to an activating group) is 1. The van der Waals surface area contributed by atoms with Crippen LogP contribution in [0.15, 0.2) is 60.8 Å². The first-order chi connectivity index (χ1) is 13.1. The van der Waals surface area contributed by atoms with Crippen LogP contribution in [0.25, 0.3) is 10.9 Å². The quantitative estimate of drug-likeness (QED) is 0.332. The molecule has 0 spiro atoms. The molecule has 4 heteroatoms. The second kappa shape index (κ2) is 11.0. The number of hydrogen-bond donors (Lipinski definition) is 0. The highest BCUT2D eigenvalue weighted by Gasteiger charge is 2.13. The topological polar surface area (TPSA) is 25.2 Å². The van der Waals surface area contributed by atoms with Gasteiger partial charge in [0.15, 0.2) is 5.78 Å². The van der Waals surface area contributed by atoms with Crippen LogP contribution in [0, 0.1) is 0 Å². The first-order valence-electron chi connectivity index (χ1n) is 9.95. The number of hydrogen-bond acceptors (Lipinski definition) is 2. The Kier molecular flexibility index (Phi) is 8.75. The molecule has 0 aliphatic heterocycles. The summed E-state index contributed by atoms with van der Waals surface area (Å²) in [5.74, 6) is 0.268. The zero-order valence-electron chi connectivity index (χ0n) is 16.9. The molecule has 1 aromatic heterocycles. The van der Waals surface area contributed by atoms with E-state index in [0.717, 1.165) is 55.2 Å². The van der Waals surface area contributed by atoms with Gasteiger partial charge < -0.3 is 9.47 Å². The summed E-state index contributed by atoms with van der Waals surface area (Å²) in [4.78, 5) is 15.0.